The van der Waals surface area contributed by atoms with E-state index in [1.165, 1.54) is 17.1 Å². The van der Waals surface area contributed by atoms with Crippen molar-refractivity contribution < 1.29 is 32.7 Å². The lowest BCUT2D eigenvalue weighted by Gasteiger charge is -2.26. The summed E-state index contributed by atoms with van der Waals surface area (Å²) in [5, 5.41) is 17.7. The van der Waals surface area contributed by atoms with Crippen molar-refractivity contribution in [1.82, 2.24) is 15.3 Å². The fourth-order valence-electron chi connectivity index (χ4n) is 3.29. The molecule has 37 heavy (non-hydrogen) atoms. The van der Waals surface area contributed by atoms with E-state index in [4.69, 9.17) is 22.0 Å². The third-order valence-corrected chi connectivity index (χ3v) is 5.35. The molecule has 0 fully saturated rings. The number of benzene rings is 2. The Labute approximate surface area is 211 Å². The van der Waals surface area contributed by atoms with Crippen molar-refractivity contribution >= 4 is 23.7 Å². The average Bonchev–Trinajstić information content (AvgIpc) is 2.84. The molecule has 0 radical (unpaired) electrons. The van der Waals surface area contributed by atoms with Gasteiger partial charge in [-0.25, -0.2) is 5.43 Å². The van der Waals surface area contributed by atoms with E-state index in [1.807, 2.05) is 0 Å². The molecule has 0 saturated carbocycles. The van der Waals surface area contributed by atoms with Gasteiger partial charge in [0.1, 0.15) is 12.5 Å². The number of carboxylic acids is 1. The number of rotatable bonds is 12. The molecule has 0 bridgehead atoms. The van der Waals surface area contributed by atoms with Gasteiger partial charge in [0, 0.05) is 13.1 Å². The van der Waals surface area contributed by atoms with E-state index >= 15 is 0 Å². The van der Waals surface area contributed by atoms with Gasteiger partial charge in [-0.15, -0.1) is 0 Å². The molecule has 2 aromatic rings. The molecule has 1 atom stereocenters. The molecule has 0 aliphatic heterocycles. The molecule has 2 amide bonds. The molecule has 2 aromatic carbocycles. The zero-order valence-corrected chi connectivity index (χ0v) is 19.9. The number of carbonyl (C=O) groups excluding carboxylic acids is 2. The maximum Gasteiger partial charge on any atom is 0.416 e. The van der Waals surface area contributed by atoms with E-state index in [1.54, 1.807) is 30.3 Å². The second kappa shape index (κ2) is 13.4. The zero-order valence-electron chi connectivity index (χ0n) is 19.9. The lowest BCUT2D eigenvalue weighted by atomic mass is 10.1. The van der Waals surface area contributed by atoms with Crippen LogP contribution < -0.4 is 16.9 Å². The minimum Gasteiger partial charge on any atom is -0.480 e. The molecule has 200 valence electrons. The number of nitrogens with two attached hydrogens (primary N) is 2. The highest BCUT2D eigenvalue weighted by molar-refractivity contribution is 6.03. The van der Waals surface area contributed by atoms with Gasteiger partial charge in [-0.1, -0.05) is 42.5 Å². The van der Waals surface area contributed by atoms with Crippen LogP contribution in [0.2, 0.25) is 0 Å². The van der Waals surface area contributed by atoms with Crippen LogP contribution in [-0.4, -0.2) is 51.3 Å². The summed E-state index contributed by atoms with van der Waals surface area (Å²) >= 11 is 0. The predicted octanol–water partition coefficient (Wildman–Crippen LogP) is 2.04. The molecule has 7 N–H and O–H groups in total. The number of nitrogens with one attached hydrogen (secondary N) is 2. The number of amides is 2. The van der Waals surface area contributed by atoms with E-state index in [0.717, 1.165) is 22.6 Å². The Morgan fingerprint density at radius 1 is 1.00 bits per heavy atom. The Bertz CT molecular complexity index is 1080. The van der Waals surface area contributed by atoms with Gasteiger partial charge in [0.2, 0.25) is 11.8 Å². The highest BCUT2D eigenvalue weighted by atomic mass is 19.4. The Kier molecular flexibility index (Phi) is 10.6. The molecule has 2 rings (SSSR count). The van der Waals surface area contributed by atoms with Crippen molar-refractivity contribution in [3.05, 3.63) is 71.3 Å². The summed E-state index contributed by atoms with van der Waals surface area (Å²) in [4.78, 5) is 37.5. The number of hydrazine groups is 1. The van der Waals surface area contributed by atoms with Crippen LogP contribution in [-0.2, 0) is 33.6 Å². The minimum absolute atomic E-state index is 0.00833. The first kappa shape index (κ1) is 29.3. The van der Waals surface area contributed by atoms with Gasteiger partial charge in [0.25, 0.3) is 0 Å². The summed E-state index contributed by atoms with van der Waals surface area (Å²) in [6.45, 7) is -0.0321. The van der Waals surface area contributed by atoms with Gasteiger partial charge in [0.15, 0.2) is 5.96 Å². The second-order valence-corrected chi connectivity index (χ2v) is 8.19. The third-order valence-electron chi connectivity index (χ3n) is 5.35. The Hall–Kier alpha value is -3.97. The van der Waals surface area contributed by atoms with Crippen molar-refractivity contribution in [2.24, 2.45) is 11.5 Å². The standard InChI is InChI=1S/C24H29F3N6O4/c25-24(26,27)18-10-8-16(9-11-18)14-31-33(15-17-5-2-1-3-6-17)21(35)13-20(34)32(23(29)30)12-4-7-19(28)22(36)37/h1-3,5-6,8-11,19,31H,4,7,12-15,28H2,(H3,29,30)(H,36,37). The first-order chi connectivity index (χ1) is 17.4. The molecule has 0 aliphatic rings. The van der Waals surface area contributed by atoms with Crippen LogP contribution in [0.25, 0.3) is 0 Å². The van der Waals surface area contributed by atoms with Crippen LogP contribution in [0.4, 0.5) is 13.2 Å². The van der Waals surface area contributed by atoms with E-state index in [9.17, 15) is 27.6 Å². The van der Waals surface area contributed by atoms with Gasteiger partial charge in [-0.3, -0.25) is 29.7 Å². The van der Waals surface area contributed by atoms with Gasteiger partial charge < -0.3 is 16.6 Å². The second-order valence-electron chi connectivity index (χ2n) is 8.19. The lowest BCUT2D eigenvalue weighted by Crippen LogP contribution is -2.47. The van der Waals surface area contributed by atoms with Crippen molar-refractivity contribution in [1.29, 1.82) is 5.41 Å². The minimum atomic E-state index is -4.47. The molecule has 0 spiro atoms. The normalized spacial score (nSPS) is 12.0. The number of guanidine groups is 1. The number of aliphatic carboxylic acids is 1. The molecule has 10 nitrogen and oxygen atoms in total. The van der Waals surface area contributed by atoms with Crippen molar-refractivity contribution in [2.45, 2.75) is 44.6 Å². The highest BCUT2D eigenvalue weighted by Crippen LogP contribution is 2.29. The molecular weight excluding hydrogens is 493 g/mol. The van der Waals surface area contributed by atoms with Crippen LogP contribution in [0, 0.1) is 5.41 Å². The number of carbonyl (C=O) groups is 3. The van der Waals surface area contributed by atoms with Gasteiger partial charge in [-0.05, 0) is 36.1 Å². The zero-order chi connectivity index (χ0) is 27.6. The van der Waals surface area contributed by atoms with Crippen LogP contribution >= 0.6 is 0 Å². The van der Waals surface area contributed by atoms with E-state index in [-0.39, 0.29) is 32.5 Å². The van der Waals surface area contributed by atoms with Crippen LogP contribution in [0.15, 0.2) is 54.6 Å². The number of hydrogen-bond acceptors (Lipinski definition) is 6. The van der Waals surface area contributed by atoms with E-state index in [2.05, 4.69) is 5.43 Å². The fraction of sp³-hybridized carbons (Fsp3) is 0.333. The van der Waals surface area contributed by atoms with Crippen LogP contribution in [0.5, 0.6) is 0 Å². The summed E-state index contributed by atoms with van der Waals surface area (Å²) in [5.41, 5.74) is 14.2. The first-order valence-corrected chi connectivity index (χ1v) is 11.2. The summed E-state index contributed by atoms with van der Waals surface area (Å²) < 4.78 is 38.5. The van der Waals surface area contributed by atoms with E-state index < -0.39 is 47.9 Å². The average molecular weight is 523 g/mol. The Morgan fingerprint density at radius 2 is 1.62 bits per heavy atom. The maximum absolute atomic E-state index is 13.0. The summed E-state index contributed by atoms with van der Waals surface area (Å²) in [6, 6.07) is 12.1. The van der Waals surface area contributed by atoms with Crippen molar-refractivity contribution in [2.75, 3.05) is 6.54 Å². The molecule has 0 heterocycles. The molecule has 0 aromatic heterocycles. The SMILES string of the molecule is N=C(N)N(CCCC(N)C(=O)O)C(=O)CC(=O)N(Cc1ccccc1)NCc1ccc(C(F)(F)F)cc1. The lowest BCUT2D eigenvalue weighted by molar-refractivity contribution is -0.141. The Balaban J connectivity index is 2.08. The first-order valence-electron chi connectivity index (χ1n) is 11.2. The van der Waals surface area contributed by atoms with Gasteiger partial charge >= 0.3 is 12.1 Å². The third kappa shape index (κ3) is 9.54. The largest absolute Gasteiger partial charge is 0.480 e. The molecule has 0 saturated heterocycles. The van der Waals surface area contributed by atoms with Crippen LogP contribution in [0.1, 0.15) is 36.0 Å². The topological polar surface area (TPSA) is 166 Å². The highest BCUT2D eigenvalue weighted by Gasteiger charge is 2.30. The maximum atomic E-state index is 13.0. The number of halogens is 3. The van der Waals surface area contributed by atoms with Crippen molar-refractivity contribution in [3.8, 4) is 0 Å². The van der Waals surface area contributed by atoms with E-state index in [0.29, 0.717) is 5.56 Å². The Morgan fingerprint density at radius 3 is 2.16 bits per heavy atom. The van der Waals surface area contributed by atoms with Gasteiger partial charge in [-0.2, -0.15) is 13.2 Å². The number of hydrogen-bond donors (Lipinski definition) is 5. The predicted molar refractivity (Wildman–Crippen MR) is 128 cm³/mol. The summed E-state index contributed by atoms with van der Waals surface area (Å²) in [7, 11) is 0. The number of alkyl halides is 3. The quantitative estimate of drug-likeness (QED) is 0.123. The molecular formula is C24H29F3N6O4. The number of nitrogens with zero attached hydrogens (tertiary/aromatic N) is 2. The monoisotopic (exact) mass is 522 g/mol. The fourth-order valence-corrected chi connectivity index (χ4v) is 3.29. The molecule has 1 unspecified atom stereocenters. The van der Waals surface area contributed by atoms with Crippen molar-refractivity contribution in [3.63, 3.8) is 0 Å². The number of carboxylic acid groups (broad SMARTS) is 1. The van der Waals surface area contributed by atoms with Crippen LogP contribution in [0.3, 0.4) is 0 Å². The molecule has 13 heteroatoms. The summed E-state index contributed by atoms with van der Waals surface area (Å²) in [5.74, 6) is -3.23. The van der Waals surface area contributed by atoms with Gasteiger partial charge in [0.05, 0.1) is 12.1 Å². The smallest absolute Gasteiger partial charge is 0.416 e. The summed E-state index contributed by atoms with van der Waals surface area (Å²) in [6.07, 6.45) is -4.94. The molecule has 0 aliphatic carbocycles.